The number of anilines is 1. The third kappa shape index (κ3) is 5.53. The Bertz CT molecular complexity index is 1400. The third-order valence-corrected chi connectivity index (χ3v) is 8.29. The van der Waals surface area contributed by atoms with Gasteiger partial charge in [-0.25, -0.2) is 27.2 Å². The predicted octanol–water partition coefficient (Wildman–Crippen LogP) is 3.76. The maximum Gasteiger partial charge on any atom is 0.407 e. The number of hydrogen-bond acceptors (Lipinski definition) is 7. The fraction of sp³-hybridized carbons (Fsp3) is 0.440. The normalized spacial score (nSPS) is 18.4. The lowest BCUT2D eigenvalue weighted by molar-refractivity contribution is -0.125. The minimum Gasteiger partial charge on any atom is -0.465 e. The number of nitrogens with one attached hydrogen (secondary N) is 2. The van der Waals surface area contributed by atoms with Gasteiger partial charge in [0.25, 0.3) is 10.0 Å². The molecule has 11 nitrogen and oxygen atoms in total. The molecule has 0 unspecified atom stereocenters. The summed E-state index contributed by atoms with van der Waals surface area (Å²) in [7, 11) is -3.83. The van der Waals surface area contributed by atoms with Crippen LogP contribution in [0.4, 0.5) is 10.6 Å². The topological polar surface area (TPSA) is 147 Å². The summed E-state index contributed by atoms with van der Waals surface area (Å²) in [5, 5.41) is 9.62. The molecule has 0 aliphatic heterocycles. The van der Waals surface area contributed by atoms with Crippen molar-refractivity contribution in [1.29, 1.82) is 0 Å². The number of hydrazine groups is 1. The van der Waals surface area contributed by atoms with E-state index in [9.17, 15) is 23.1 Å². The van der Waals surface area contributed by atoms with Crippen LogP contribution in [0, 0.1) is 12.8 Å². The number of rotatable bonds is 6. The Morgan fingerprint density at radius 2 is 1.73 bits per heavy atom. The highest BCUT2D eigenvalue weighted by Crippen LogP contribution is 2.31. The molecule has 0 spiro atoms. The van der Waals surface area contributed by atoms with Crippen molar-refractivity contribution in [2.24, 2.45) is 5.92 Å². The Kier molecular flexibility index (Phi) is 7.13. The zero-order valence-electron chi connectivity index (χ0n) is 21.3. The van der Waals surface area contributed by atoms with Crippen LogP contribution in [0.1, 0.15) is 52.0 Å². The number of carbonyl (C=O) groups is 2. The SMILES string of the molecule is Cc1ccc(S(=O)(=O)n2ccc3nc(NNC(=O)C4CCC(N(C(=O)O)C(C)(C)C)CC4)cnc32)cc1. The van der Waals surface area contributed by atoms with Crippen LogP contribution in [0.3, 0.4) is 0 Å². The first-order valence-corrected chi connectivity index (χ1v) is 13.6. The van der Waals surface area contributed by atoms with Crippen molar-refractivity contribution in [2.75, 3.05) is 5.43 Å². The van der Waals surface area contributed by atoms with E-state index in [0.717, 1.165) is 9.54 Å². The second-order valence-electron chi connectivity index (χ2n) is 10.3. The average molecular weight is 529 g/mol. The van der Waals surface area contributed by atoms with Crippen molar-refractivity contribution in [2.45, 2.75) is 69.9 Å². The zero-order valence-corrected chi connectivity index (χ0v) is 22.1. The Morgan fingerprint density at radius 3 is 2.32 bits per heavy atom. The molecule has 0 radical (unpaired) electrons. The first kappa shape index (κ1) is 26.4. The first-order chi connectivity index (χ1) is 17.4. The Morgan fingerprint density at radius 1 is 1.08 bits per heavy atom. The minimum atomic E-state index is -3.83. The van der Waals surface area contributed by atoms with Gasteiger partial charge in [0.05, 0.1) is 11.1 Å². The van der Waals surface area contributed by atoms with E-state index in [4.69, 9.17) is 0 Å². The van der Waals surface area contributed by atoms with Crippen molar-refractivity contribution in [3.05, 3.63) is 48.3 Å². The molecule has 1 saturated carbocycles. The Labute approximate surface area is 215 Å². The van der Waals surface area contributed by atoms with Gasteiger partial charge in [-0.2, -0.15) is 0 Å². The molecule has 0 atom stereocenters. The van der Waals surface area contributed by atoms with Crippen LogP contribution in [0.5, 0.6) is 0 Å². The van der Waals surface area contributed by atoms with Crippen molar-refractivity contribution < 1.29 is 23.1 Å². The first-order valence-electron chi connectivity index (χ1n) is 12.1. The van der Waals surface area contributed by atoms with Crippen molar-refractivity contribution in [3.63, 3.8) is 0 Å². The predicted molar refractivity (Wildman–Crippen MR) is 138 cm³/mol. The number of hydrogen-bond donors (Lipinski definition) is 3. The lowest BCUT2D eigenvalue weighted by Gasteiger charge is -2.42. The van der Waals surface area contributed by atoms with E-state index in [1.54, 1.807) is 30.3 Å². The summed E-state index contributed by atoms with van der Waals surface area (Å²) in [5.74, 6) is -0.195. The third-order valence-electron chi connectivity index (χ3n) is 6.61. The summed E-state index contributed by atoms with van der Waals surface area (Å²) in [5.41, 5.74) is 6.39. The van der Waals surface area contributed by atoms with E-state index >= 15 is 0 Å². The summed E-state index contributed by atoms with van der Waals surface area (Å²) in [4.78, 5) is 34.7. The summed E-state index contributed by atoms with van der Waals surface area (Å²) in [6, 6.07) is 7.98. The molecule has 2 amide bonds. The molecule has 2 heterocycles. The summed E-state index contributed by atoms with van der Waals surface area (Å²) < 4.78 is 27.2. The number of carboxylic acid groups (broad SMARTS) is 1. The molecule has 1 aliphatic carbocycles. The van der Waals surface area contributed by atoms with Crippen LogP contribution in [0.15, 0.2) is 47.6 Å². The summed E-state index contributed by atoms with van der Waals surface area (Å²) in [6.45, 7) is 7.49. The zero-order chi connectivity index (χ0) is 27.0. The molecule has 37 heavy (non-hydrogen) atoms. The monoisotopic (exact) mass is 528 g/mol. The van der Waals surface area contributed by atoms with Crippen molar-refractivity contribution >= 4 is 39.0 Å². The number of aryl methyl sites for hydroxylation is 1. The molecule has 1 fully saturated rings. The van der Waals surface area contributed by atoms with Gasteiger partial charge in [-0.3, -0.25) is 15.6 Å². The molecular weight excluding hydrogens is 496 g/mol. The van der Waals surface area contributed by atoms with Gasteiger partial charge in [-0.05, 0) is 71.6 Å². The summed E-state index contributed by atoms with van der Waals surface area (Å²) >= 11 is 0. The van der Waals surface area contributed by atoms with Gasteiger partial charge in [-0.1, -0.05) is 17.7 Å². The van der Waals surface area contributed by atoms with Crippen LogP contribution < -0.4 is 10.9 Å². The van der Waals surface area contributed by atoms with E-state index in [1.165, 1.54) is 17.3 Å². The lowest BCUT2D eigenvalue weighted by Crippen LogP contribution is -2.52. The van der Waals surface area contributed by atoms with Crippen molar-refractivity contribution in [1.82, 2.24) is 24.3 Å². The van der Waals surface area contributed by atoms with Crippen molar-refractivity contribution in [3.8, 4) is 0 Å². The quantitative estimate of drug-likeness (QED) is 0.410. The number of carbonyl (C=O) groups excluding carboxylic acids is 1. The molecule has 12 heteroatoms. The maximum absolute atomic E-state index is 13.0. The van der Waals surface area contributed by atoms with Gasteiger partial charge in [-0.15, -0.1) is 0 Å². The number of amides is 2. The second kappa shape index (κ2) is 10.0. The smallest absolute Gasteiger partial charge is 0.407 e. The molecule has 0 bridgehead atoms. The van der Waals surface area contributed by atoms with E-state index in [1.807, 2.05) is 27.7 Å². The molecule has 4 rings (SSSR count). The van der Waals surface area contributed by atoms with Gasteiger partial charge < -0.3 is 10.0 Å². The van der Waals surface area contributed by atoms with E-state index < -0.39 is 21.7 Å². The maximum atomic E-state index is 13.0. The molecule has 3 aromatic rings. The van der Waals surface area contributed by atoms with E-state index in [0.29, 0.717) is 31.2 Å². The Hall–Kier alpha value is -3.67. The average Bonchev–Trinajstić information content (AvgIpc) is 3.26. The Balaban J connectivity index is 1.39. The molecule has 1 aromatic carbocycles. The lowest BCUT2D eigenvalue weighted by atomic mass is 9.83. The fourth-order valence-corrected chi connectivity index (χ4v) is 6.08. The highest BCUT2D eigenvalue weighted by Gasteiger charge is 2.37. The number of benzene rings is 1. The van der Waals surface area contributed by atoms with Crippen LogP contribution in [0.2, 0.25) is 0 Å². The highest BCUT2D eigenvalue weighted by atomic mass is 32.2. The van der Waals surface area contributed by atoms with Crippen LogP contribution in [-0.4, -0.2) is 55.9 Å². The number of fused-ring (bicyclic) bond motifs is 1. The number of aromatic nitrogens is 3. The molecule has 198 valence electrons. The standard InChI is InChI=1S/C25H32N6O5S/c1-16-5-11-19(12-6-16)37(35,36)30-14-13-20-22(30)26-15-21(27-20)28-29-23(32)17-7-9-18(10-8-17)31(24(33)34)25(2,3)4/h5-6,11-15,17-18H,7-10H2,1-4H3,(H,27,28)(H,29,32)(H,33,34). The molecule has 1 aliphatic rings. The molecule has 3 N–H and O–H groups in total. The fourth-order valence-electron chi connectivity index (χ4n) is 4.78. The van der Waals surface area contributed by atoms with Gasteiger partial charge in [0.15, 0.2) is 11.5 Å². The molecule has 0 saturated heterocycles. The molecule has 2 aromatic heterocycles. The van der Waals surface area contributed by atoms with Gasteiger partial charge in [0.2, 0.25) is 5.91 Å². The minimum absolute atomic E-state index is 0.122. The van der Waals surface area contributed by atoms with E-state index in [-0.39, 0.29) is 34.2 Å². The van der Waals surface area contributed by atoms with Gasteiger partial charge in [0.1, 0.15) is 5.52 Å². The van der Waals surface area contributed by atoms with Crippen LogP contribution in [-0.2, 0) is 14.8 Å². The van der Waals surface area contributed by atoms with Crippen LogP contribution in [0.25, 0.3) is 11.2 Å². The van der Waals surface area contributed by atoms with Gasteiger partial charge in [0, 0.05) is 23.7 Å². The second-order valence-corrected chi connectivity index (χ2v) is 12.2. The largest absolute Gasteiger partial charge is 0.465 e. The van der Waals surface area contributed by atoms with E-state index in [2.05, 4.69) is 20.8 Å². The summed E-state index contributed by atoms with van der Waals surface area (Å²) in [6.07, 6.45) is 4.17. The molecular formula is C25H32N6O5S. The highest BCUT2D eigenvalue weighted by molar-refractivity contribution is 7.90. The van der Waals surface area contributed by atoms with Crippen LogP contribution >= 0.6 is 0 Å². The number of nitrogens with zero attached hydrogens (tertiary/aromatic N) is 4. The van der Waals surface area contributed by atoms with Gasteiger partial charge >= 0.3 is 6.09 Å².